The lowest BCUT2D eigenvalue weighted by molar-refractivity contribution is 1.24. The van der Waals surface area contributed by atoms with Crippen LogP contribution in [0.1, 0.15) is 0 Å². The first kappa shape index (κ1) is 9.86. The molecule has 16 heavy (non-hydrogen) atoms. The van der Waals surface area contributed by atoms with Crippen molar-refractivity contribution in [3.63, 3.8) is 0 Å². The maximum Gasteiger partial charge on any atom is 0.209 e. The second kappa shape index (κ2) is 3.92. The van der Waals surface area contributed by atoms with Crippen LogP contribution in [0.2, 0.25) is 0 Å². The summed E-state index contributed by atoms with van der Waals surface area (Å²) in [5.41, 5.74) is 0.890. The monoisotopic (exact) mass is 291 g/mol. The molecule has 0 N–H and O–H groups in total. The highest BCUT2D eigenvalue weighted by molar-refractivity contribution is 9.10. The second-order valence-electron chi connectivity index (χ2n) is 3.25. The molecule has 3 aromatic rings. The molecule has 0 unspecified atom stereocenters. The zero-order valence-corrected chi connectivity index (χ0v) is 10.5. The molecular formula is C11H6BrN3S. The molecule has 1 aromatic carbocycles. The van der Waals surface area contributed by atoms with E-state index < -0.39 is 0 Å². The van der Waals surface area contributed by atoms with E-state index >= 15 is 0 Å². The van der Waals surface area contributed by atoms with Crippen molar-refractivity contribution >= 4 is 38.2 Å². The Morgan fingerprint density at radius 3 is 2.81 bits per heavy atom. The molecule has 0 aliphatic carbocycles. The van der Waals surface area contributed by atoms with E-state index in [9.17, 15) is 0 Å². The van der Waals surface area contributed by atoms with Gasteiger partial charge in [0, 0.05) is 11.6 Å². The van der Waals surface area contributed by atoms with Crippen molar-refractivity contribution in [2.45, 2.75) is 0 Å². The number of nitrogens with zero attached hydrogens (tertiary/aromatic N) is 3. The van der Waals surface area contributed by atoms with Crippen LogP contribution in [0.4, 0.5) is 0 Å². The molecule has 0 spiro atoms. The summed E-state index contributed by atoms with van der Waals surface area (Å²) in [5.74, 6) is 0. The number of fused-ring (bicyclic) bond motifs is 1. The smallest absolute Gasteiger partial charge is 0.209 e. The van der Waals surface area contributed by atoms with Crippen molar-refractivity contribution in [2.24, 2.45) is 0 Å². The van der Waals surface area contributed by atoms with Gasteiger partial charge in [0.25, 0.3) is 0 Å². The molecule has 78 valence electrons. The standard InChI is InChI=1S/C11H6BrN3S/c12-11-14-10(16-15-11)9-8-4-2-1-3-7(8)5-6-13-9/h1-6H. The Kier molecular flexibility index (Phi) is 2.41. The molecule has 0 amide bonds. The third-order valence-corrected chi connectivity index (χ3v) is 3.59. The quantitative estimate of drug-likeness (QED) is 0.689. The van der Waals surface area contributed by atoms with Gasteiger partial charge < -0.3 is 0 Å². The molecule has 0 saturated heterocycles. The molecular weight excluding hydrogens is 286 g/mol. The molecule has 0 aliphatic heterocycles. The Morgan fingerprint density at radius 1 is 1.12 bits per heavy atom. The molecule has 0 saturated carbocycles. The summed E-state index contributed by atoms with van der Waals surface area (Å²) < 4.78 is 4.72. The van der Waals surface area contributed by atoms with Gasteiger partial charge >= 0.3 is 0 Å². The molecule has 0 radical (unpaired) electrons. The van der Waals surface area contributed by atoms with Crippen LogP contribution in [0.5, 0.6) is 0 Å². The van der Waals surface area contributed by atoms with Crippen molar-refractivity contribution in [1.29, 1.82) is 0 Å². The minimum Gasteiger partial charge on any atom is -0.253 e. The van der Waals surface area contributed by atoms with Crippen LogP contribution in [0, 0.1) is 0 Å². The van der Waals surface area contributed by atoms with Gasteiger partial charge in [0.15, 0.2) is 5.01 Å². The summed E-state index contributed by atoms with van der Waals surface area (Å²) in [4.78, 5) is 8.67. The Balaban J connectivity index is 2.31. The van der Waals surface area contributed by atoms with Gasteiger partial charge in [-0.1, -0.05) is 24.3 Å². The first-order chi connectivity index (χ1) is 7.84. The molecule has 2 aromatic heterocycles. The van der Waals surface area contributed by atoms with Crippen LogP contribution in [0.25, 0.3) is 21.5 Å². The fraction of sp³-hybridized carbons (Fsp3) is 0. The zero-order valence-electron chi connectivity index (χ0n) is 8.09. The lowest BCUT2D eigenvalue weighted by atomic mass is 10.1. The minimum absolute atomic E-state index is 0.613. The van der Waals surface area contributed by atoms with Crippen LogP contribution in [0.15, 0.2) is 41.3 Å². The maximum atomic E-state index is 4.38. The van der Waals surface area contributed by atoms with Gasteiger partial charge in [-0.15, -0.1) is 0 Å². The molecule has 5 heteroatoms. The van der Waals surface area contributed by atoms with E-state index in [1.807, 2.05) is 24.3 Å². The second-order valence-corrected chi connectivity index (χ2v) is 4.71. The average Bonchev–Trinajstić information content (AvgIpc) is 2.75. The highest BCUT2D eigenvalue weighted by atomic mass is 79.9. The highest BCUT2D eigenvalue weighted by Crippen LogP contribution is 2.28. The van der Waals surface area contributed by atoms with Gasteiger partial charge in [-0.25, -0.2) is 4.98 Å². The molecule has 0 bridgehead atoms. The normalized spacial score (nSPS) is 10.8. The Labute approximate surface area is 104 Å². The molecule has 3 nitrogen and oxygen atoms in total. The number of hydrogen-bond acceptors (Lipinski definition) is 4. The number of benzene rings is 1. The van der Waals surface area contributed by atoms with Gasteiger partial charge in [0.1, 0.15) is 5.69 Å². The number of aromatic nitrogens is 3. The van der Waals surface area contributed by atoms with Crippen molar-refractivity contribution < 1.29 is 0 Å². The number of halogens is 1. The molecule has 2 heterocycles. The van der Waals surface area contributed by atoms with Crippen molar-refractivity contribution in [3.8, 4) is 10.7 Å². The van der Waals surface area contributed by atoms with Crippen LogP contribution in [0.3, 0.4) is 0 Å². The van der Waals surface area contributed by atoms with Crippen LogP contribution >= 0.6 is 27.5 Å². The molecule has 0 aliphatic rings. The predicted molar refractivity (Wildman–Crippen MR) is 68.3 cm³/mol. The number of pyridine rings is 1. The van der Waals surface area contributed by atoms with Crippen LogP contribution in [-0.4, -0.2) is 14.3 Å². The summed E-state index contributed by atoms with van der Waals surface area (Å²) in [6, 6.07) is 10.1. The highest BCUT2D eigenvalue weighted by Gasteiger charge is 2.09. The Bertz CT molecular complexity index is 645. The minimum atomic E-state index is 0.613. The topological polar surface area (TPSA) is 38.7 Å². The fourth-order valence-electron chi connectivity index (χ4n) is 1.59. The molecule has 0 fully saturated rings. The molecule has 3 rings (SSSR count). The van der Waals surface area contributed by atoms with E-state index in [4.69, 9.17) is 0 Å². The summed E-state index contributed by atoms with van der Waals surface area (Å²) in [6.45, 7) is 0. The van der Waals surface area contributed by atoms with Crippen molar-refractivity contribution in [2.75, 3.05) is 0 Å². The number of hydrogen-bond donors (Lipinski definition) is 0. The van der Waals surface area contributed by atoms with Crippen LogP contribution < -0.4 is 0 Å². The fourth-order valence-corrected chi connectivity index (χ4v) is 2.68. The lowest BCUT2D eigenvalue weighted by Crippen LogP contribution is -1.84. The number of rotatable bonds is 1. The zero-order chi connectivity index (χ0) is 11.0. The average molecular weight is 292 g/mol. The largest absolute Gasteiger partial charge is 0.253 e. The SMILES string of the molecule is Brc1nsc(-c2nccc3ccccc23)n1. The van der Waals surface area contributed by atoms with Gasteiger partial charge in [-0.3, -0.25) is 4.98 Å². The van der Waals surface area contributed by atoms with E-state index in [0.29, 0.717) is 4.73 Å². The van der Waals surface area contributed by atoms with E-state index in [1.54, 1.807) is 6.20 Å². The van der Waals surface area contributed by atoms with Crippen molar-refractivity contribution in [3.05, 3.63) is 41.3 Å². The van der Waals surface area contributed by atoms with E-state index in [-0.39, 0.29) is 0 Å². The van der Waals surface area contributed by atoms with E-state index in [1.165, 1.54) is 16.9 Å². The maximum absolute atomic E-state index is 4.38. The third-order valence-electron chi connectivity index (χ3n) is 2.28. The van der Waals surface area contributed by atoms with Crippen molar-refractivity contribution in [1.82, 2.24) is 14.3 Å². The summed E-state index contributed by atoms with van der Waals surface area (Å²) in [5, 5.41) is 3.11. The van der Waals surface area contributed by atoms with Gasteiger partial charge in [-0.05, 0) is 38.9 Å². The van der Waals surface area contributed by atoms with Gasteiger partial charge in [0.05, 0.1) is 0 Å². The summed E-state index contributed by atoms with van der Waals surface area (Å²) >= 11 is 4.60. The van der Waals surface area contributed by atoms with Gasteiger partial charge in [-0.2, -0.15) is 4.37 Å². The third kappa shape index (κ3) is 1.62. The van der Waals surface area contributed by atoms with Crippen LogP contribution in [-0.2, 0) is 0 Å². The first-order valence-corrected chi connectivity index (χ1v) is 6.24. The Hall–Kier alpha value is -1.33. The Morgan fingerprint density at radius 2 is 2.00 bits per heavy atom. The lowest BCUT2D eigenvalue weighted by Gasteiger charge is -2.00. The molecule has 0 atom stereocenters. The van der Waals surface area contributed by atoms with E-state index in [0.717, 1.165) is 16.1 Å². The van der Waals surface area contributed by atoms with Gasteiger partial charge in [0.2, 0.25) is 4.73 Å². The summed E-state index contributed by atoms with van der Waals surface area (Å²) in [7, 11) is 0. The van der Waals surface area contributed by atoms with E-state index in [2.05, 4.69) is 36.3 Å². The predicted octanol–water partition coefficient (Wildman–Crippen LogP) is 3.52. The summed E-state index contributed by atoms with van der Waals surface area (Å²) in [6.07, 6.45) is 1.80. The first-order valence-electron chi connectivity index (χ1n) is 4.68.